The second-order valence-electron chi connectivity index (χ2n) is 6.24. The van der Waals surface area contributed by atoms with Crippen LogP contribution in [0.25, 0.3) is 16.7 Å². The molecule has 3 aromatic carbocycles. The van der Waals surface area contributed by atoms with Crippen LogP contribution in [-0.2, 0) is 11.4 Å². The Labute approximate surface area is 157 Å². The molecule has 1 aromatic heterocycles. The molecule has 4 aromatic rings. The molecule has 5 heteroatoms. The van der Waals surface area contributed by atoms with E-state index in [2.05, 4.69) is 15.0 Å². The summed E-state index contributed by atoms with van der Waals surface area (Å²) in [7, 11) is 0. The second kappa shape index (κ2) is 7.43. The summed E-state index contributed by atoms with van der Waals surface area (Å²) in [6, 6.07) is 25.2. The van der Waals surface area contributed by atoms with E-state index < -0.39 is 0 Å². The predicted molar refractivity (Wildman–Crippen MR) is 105 cm³/mol. The highest BCUT2D eigenvalue weighted by atomic mass is 16.6. The Balaban J connectivity index is 1.53. The molecule has 0 saturated heterocycles. The molecule has 0 spiro atoms. The molecule has 0 radical (unpaired) electrons. The van der Waals surface area contributed by atoms with Crippen molar-refractivity contribution < 1.29 is 9.63 Å². The van der Waals surface area contributed by atoms with E-state index in [4.69, 9.17) is 4.84 Å². The van der Waals surface area contributed by atoms with Crippen molar-refractivity contribution in [2.24, 2.45) is 0 Å². The van der Waals surface area contributed by atoms with Crippen LogP contribution in [0.1, 0.15) is 21.7 Å². The van der Waals surface area contributed by atoms with Crippen molar-refractivity contribution in [1.82, 2.24) is 15.0 Å². The standard InChI is InChI=1S/C22H19N3O2/c1-16-23-20-14-18(22(26)24-27-15-17-8-4-2-5-9-17)12-13-21(20)25(16)19-10-6-3-7-11-19/h2-14H,15H2,1H3,(H,24,26). The van der Waals surface area contributed by atoms with E-state index in [9.17, 15) is 4.79 Å². The summed E-state index contributed by atoms with van der Waals surface area (Å²) in [5, 5.41) is 0. The van der Waals surface area contributed by atoms with Gasteiger partial charge >= 0.3 is 0 Å². The fraction of sp³-hybridized carbons (Fsp3) is 0.0909. The van der Waals surface area contributed by atoms with Gasteiger partial charge in [-0.1, -0.05) is 48.5 Å². The van der Waals surface area contributed by atoms with Crippen LogP contribution >= 0.6 is 0 Å². The third kappa shape index (κ3) is 3.59. The van der Waals surface area contributed by atoms with Crippen molar-refractivity contribution in [1.29, 1.82) is 0 Å². The largest absolute Gasteiger partial charge is 0.297 e. The Morgan fingerprint density at radius 3 is 2.44 bits per heavy atom. The quantitative estimate of drug-likeness (QED) is 0.545. The van der Waals surface area contributed by atoms with E-state index in [1.807, 2.05) is 73.7 Å². The maximum Gasteiger partial charge on any atom is 0.274 e. The molecule has 0 fully saturated rings. The first-order valence-corrected chi connectivity index (χ1v) is 8.73. The smallest absolute Gasteiger partial charge is 0.274 e. The highest BCUT2D eigenvalue weighted by molar-refractivity contribution is 5.97. The molecule has 5 nitrogen and oxygen atoms in total. The lowest BCUT2D eigenvalue weighted by Gasteiger charge is -2.08. The Hall–Kier alpha value is -3.44. The van der Waals surface area contributed by atoms with Gasteiger partial charge in [0.05, 0.1) is 17.6 Å². The summed E-state index contributed by atoms with van der Waals surface area (Å²) in [6.07, 6.45) is 0. The van der Waals surface area contributed by atoms with Crippen molar-refractivity contribution in [2.45, 2.75) is 13.5 Å². The van der Waals surface area contributed by atoms with Crippen LogP contribution in [0, 0.1) is 6.92 Å². The van der Waals surface area contributed by atoms with E-state index in [0.717, 1.165) is 28.1 Å². The average Bonchev–Trinajstić information content (AvgIpc) is 3.04. The number of aromatic nitrogens is 2. The lowest BCUT2D eigenvalue weighted by atomic mass is 10.2. The first-order chi connectivity index (χ1) is 13.2. The van der Waals surface area contributed by atoms with Crippen molar-refractivity contribution >= 4 is 16.9 Å². The number of hydroxylamine groups is 1. The van der Waals surface area contributed by atoms with Crippen molar-refractivity contribution in [2.75, 3.05) is 0 Å². The number of nitrogens with zero attached hydrogens (tertiary/aromatic N) is 2. The number of para-hydroxylation sites is 1. The summed E-state index contributed by atoms with van der Waals surface area (Å²) >= 11 is 0. The van der Waals surface area contributed by atoms with Gasteiger partial charge in [-0.05, 0) is 42.8 Å². The van der Waals surface area contributed by atoms with Gasteiger partial charge in [0.2, 0.25) is 0 Å². The maximum absolute atomic E-state index is 12.4. The lowest BCUT2D eigenvalue weighted by molar-refractivity contribution is 0.0233. The number of rotatable bonds is 5. The molecule has 0 saturated carbocycles. The summed E-state index contributed by atoms with van der Waals surface area (Å²) in [5.41, 5.74) is 6.76. The molecular formula is C22H19N3O2. The van der Waals surface area contributed by atoms with Crippen LogP contribution in [0.4, 0.5) is 0 Å². The number of carbonyl (C=O) groups excluding carboxylic acids is 1. The van der Waals surface area contributed by atoms with Gasteiger partial charge in [0, 0.05) is 11.3 Å². The van der Waals surface area contributed by atoms with Gasteiger partial charge in [0.15, 0.2) is 0 Å². The van der Waals surface area contributed by atoms with Crippen LogP contribution in [0.15, 0.2) is 78.9 Å². The first kappa shape index (κ1) is 17.0. The van der Waals surface area contributed by atoms with Crippen molar-refractivity contribution in [3.8, 4) is 5.69 Å². The third-order valence-electron chi connectivity index (χ3n) is 4.35. The minimum atomic E-state index is -0.292. The summed E-state index contributed by atoms with van der Waals surface area (Å²) in [4.78, 5) is 22.3. The van der Waals surface area contributed by atoms with Crippen molar-refractivity contribution in [3.05, 3.63) is 95.8 Å². The van der Waals surface area contributed by atoms with Crippen LogP contribution in [0.2, 0.25) is 0 Å². The summed E-state index contributed by atoms with van der Waals surface area (Å²) in [6.45, 7) is 2.27. The molecule has 0 bridgehead atoms. The molecule has 0 aliphatic carbocycles. The van der Waals surface area contributed by atoms with E-state index in [-0.39, 0.29) is 5.91 Å². The molecule has 1 N–H and O–H groups in total. The van der Waals surface area contributed by atoms with Crippen LogP contribution in [0.3, 0.4) is 0 Å². The topological polar surface area (TPSA) is 56.1 Å². The lowest BCUT2D eigenvalue weighted by Crippen LogP contribution is -2.23. The minimum Gasteiger partial charge on any atom is -0.297 e. The number of benzene rings is 3. The zero-order chi connectivity index (χ0) is 18.6. The number of nitrogens with one attached hydrogen (secondary N) is 1. The van der Waals surface area contributed by atoms with Gasteiger partial charge in [-0.25, -0.2) is 10.5 Å². The number of hydrogen-bond acceptors (Lipinski definition) is 3. The maximum atomic E-state index is 12.4. The molecular weight excluding hydrogens is 338 g/mol. The molecule has 27 heavy (non-hydrogen) atoms. The first-order valence-electron chi connectivity index (χ1n) is 8.73. The molecule has 0 aliphatic heterocycles. The normalized spacial score (nSPS) is 10.9. The van der Waals surface area contributed by atoms with Gasteiger partial charge in [0.25, 0.3) is 5.91 Å². The molecule has 134 valence electrons. The Bertz CT molecular complexity index is 1070. The highest BCUT2D eigenvalue weighted by Gasteiger charge is 2.12. The number of carbonyl (C=O) groups is 1. The zero-order valence-corrected chi connectivity index (χ0v) is 14.9. The van der Waals surface area contributed by atoms with Gasteiger partial charge in [-0.3, -0.25) is 14.2 Å². The number of fused-ring (bicyclic) bond motifs is 1. The summed E-state index contributed by atoms with van der Waals surface area (Å²) < 4.78 is 2.07. The third-order valence-corrected chi connectivity index (χ3v) is 4.35. The highest BCUT2D eigenvalue weighted by Crippen LogP contribution is 2.22. The Morgan fingerprint density at radius 1 is 1.00 bits per heavy atom. The fourth-order valence-electron chi connectivity index (χ4n) is 3.06. The van der Waals surface area contributed by atoms with E-state index in [1.54, 1.807) is 12.1 Å². The molecule has 0 atom stereocenters. The van der Waals surface area contributed by atoms with Gasteiger partial charge < -0.3 is 0 Å². The monoisotopic (exact) mass is 357 g/mol. The van der Waals surface area contributed by atoms with Gasteiger partial charge in [-0.15, -0.1) is 0 Å². The number of imidazole rings is 1. The van der Waals surface area contributed by atoms with Crippen molar-refractivity contribution in [3.63, 3.8) is 0 Å². The molecule has 0 unspecified atom stereocenters. The van der Waals surface area contributed by atoms with E-state index >= 15 is 0 Å². The van der Waals surface area contributed by atoms with Gasteiger partial charge in [-0.2, -0.15) is 0 Å². The van der Waals surface area contributed by atoms with Crippen LogP contribution < -0.4 is 5.48 Å². The van der Waals surface area contributed by atoms with Crippen LogP contribution in [-0.4, -0.2) is 15.5 Å². The second-order valence-corrected chi connectivity index (χ2v) is 6.24. The average molecular weight is 357 g/mol. The fourth-order valence-corrected chi connectivity index (χ4v) is 3.06. The Morgan fingerprint density at radius 2 is 1.70 bits per heavy atom. The molecule has 0 aliphatic rings. The number of aryl methyl sites for hydroxylation is 1. The van der Waals surface area contributed by atoms with E-state index in [0.29, 0.717) is 12.2 Å². The zero-order valence-electron chi connectivity index (χ0n) is 14.9. The predicted octanol–water partition coefficient (Wildman–Crippen LogP) is 4.20. The molecule has 1 heterocycles. The number of hydrogen-bond donors (Lipinski definition) is 1. The Kier molecular flexibility index (Phi) is 4.68. The SMILES string of the molecule is Cc1nc2cc(C(=O)NOCc3ccccc3)ccc2n1-c1ccccc1. The van der Waals surface area contributed by atoms with Crippen LogP contribution in [0.5, 0.6) is 0 Å². The summed E-state index contributed by atoms with van der Waals surface area (Å²) in [5.74, 6) is 0.578. The van der Waals surface area contributed by atoms with Gasteiger partial charge in [0.1, 0.15) is 5.82 Å². The molecule has 4 rings (SSSR count). The van der Waals surface area contributed by atoms with E-state index in [1.165, 1.54) is 0 Å². The molecule has 1 amide bonds. The minimum absolute atomic E-state index is 0.292. The number of amides is 1.